The summed E-state index contributed by atoms with van der Waals surface area (Å²) in [6.45, 7) is 3.12. The number of nitrogens with zero attached hydrogens (tertiary/aromatic N) is 4. The Bertz CT molecular complexity index is 1440. The zero-order valence-corrected chi connectivity index (χ0v) is 22.5. The molecule has 1 aliphatic heterocycles. The van der Waals surface area contributed by atoms with Gasteiger partial charge >= 0.3 is 17.6 Å². The average Bonchev–Trinajstić information content (AvgIpc) is 3.01. The van der Waals surface area contributed by atoms with Gasteiger partial charge in [-0.25, -0.2) is 24.5 Å². The molecule has 1 saturated heterocycles. The lowest BCUT2D eigenvalue weighted by Gasteiger charge is -2.27. The molecule has 3 heterocycles. The standard InChI is InChI=1S/C24H19Cl2F3N6O3S/c1-23(2)20(36)35(14-3-5-15(6-4-14)39-24(27,28)29)22(38)34(23)12-13-7-9-30-17(11-13)33-21(37)32-16-8-10-31-19(26)18(16)25/h3-11H,12H2,1-2H3,(H2,30,31,32,33,37). The van der Waals surface area contributed by atoms with E-state index < -0.39 is 29.0 Å². The van der Waals surface area contributed by atoms with E-state index in [1.807, 2.05) is 0 Å². The molecule has 5 amide bonds. The summed E-state index contributed by atoms with van der Waals surface area (Å²) in [7, 11) is 0. The van der Waals surface area contributed by atoms with Gasteiger partial charge in [-0.1, -0.05) is 23.2 Å². The first-order chi connectivity index (χ1) is 18.3. The van der Waals surface area contributed by atoms with Gasteiger partial charge < -0.3 is 10.2 Å². The fourth-order valence-electron chi connectivity index (χ4n) is 3.73. The Hall–Kier alpha value is -3.55. The lowest BCUT2D eigenvalue weighted by molar-refractivity contribution is -0.123. The van der Waals surface area contributed by atoms with Gasteiger partial charge in [-0.3, -0.25) is 10.1 Å². The Labute approximate surface area is 234 Å². The van der Waals surface area contributed by atoms with Crippen LogP contribution in [0.5, 0.6) is 0 Å². The van der Waals surface area contributed by atoms with E-state index in [4.69, 9.17) is 23.2 Å². The third-order valence-electron chi connectivity index (χ3n) is 5.65. The molecule has 15 heteroatoms. The topological polar surface area (TPSA) is 108 Å². The number of imide groups is 1. The fraction of sp³-hybridized carbons (Fsp3) is 0.208. The molecule has 2 aromatic heterocycles. The molecule has 0 spiro atoms. The predicted molar refractivity (Wildman–Crippen MR) is 142 cm³/mol. The van der Waals surface area contributed by atoms with Gasteiger partial charge in [0.15, 0.2) is 0 Å². The molecule has 204 valence electrons. The van der Waals surface area contributed by atoms with Crippen LogP contribution in [-0.2, 0) is 11.3 Å². The molecule has 0 bridgehead atoms. The molecule has 9 nitrogen and oxygen atoms in total. The van der Waals surface area contributed by atoms with Crippen LogP contribution in [0.4, 0.5) is 40.0 Å². The number of urea groups is 2. The van der Waals surface area contributed by atoms with Crippen molar-refractivity contribution in [1.82, 2.24) is 14.9 Å². The first kappa shape index (κ1) is 28.5. The molecular weight excluding hydrogens is 580 g/mol. The quantitative estimate of drug-likeness (QED) is 0.184. The normalized spacial score (nSPS) is 15.1. The number of alkyl halides is 3. The summed E-state index contributed by atoms with van der Waals surface area (Å²) in [6, 6.07) is 8.28. The van der Waals surface area contributed by atoms with Crippen molar-refractivity contribution in [1.29, 1.82) is 0 Å². The Morgan fingerprint density at radius 3 is 2.36 bits per heavy atom. The zero-order chi connectivity index (χ0) is 28.5. The molecule has 3 aromatic rings. The highest BCUT2D eigenvalue weighted by Gasteiger charge is 2.51. The van der Waals surface area contributed by atoms with Crippen LogP contribution in [0.25, 0.3) is 0 Å². The van der Waals surface area contributed by atoms with Gasteiger partial charge in [0.1, 0.15) is 21.5 Å². The largest absolute Gasteiger partial charge is 0.446 e. The number of carbonyl (C=O) groups is 3. The molecule has 39 heavy (non-hydrogen) atoms. The smallest absolute Gasteiger partial charge is 0.306 e. The molecule has 4 rings (SSSR count). The molecule has 0 saturated carbocycles. The number of halogens is 5. The van der Waals surface area contributed by atoms with E-state index in [0.717, 1.165) is 4.90 Å². The van der Waals surface area contributed by atoms with Crippen molar-refractivity contribution in [3.8, 4) is 0 Å². The number of pyridine rings is 2. The van der Waals surface area contributed by atoms with Crippen LogP contribution in [0.2, 0.25) is 10.2 Å². The maximum absolute atomic E-state index is 13.3. The Morgan fingerprint density at radius 2 is 1.69 bits per heavy atom. The third-order valence-corrected chi connectivity index (χ3v) is 7.16. The van der Waals surface area contributed by atoms with E-state index in [0.29, 0.717) is 5.56 Å². The minimum absolute atomic E-state index is 0.0132. The summed E-state index contributed by atoms with van der Waals surface area (Å²) in [5.74, 6) is -0.380. The van der Waals surface area contributed by atoms with Crippen LogP contribution in [-0.4, -0.2) is 43.9 Å². The summed E-state index contributed by atoms with van der Waals surface area (Å²) in [4.78, 5) is 49.0. The van der Waals surface area contributed by atoms with Crippen LogP contribution in [0, 0.1) is 0 Å². The summed E-state index contributed by atoms with van der Waals surface area (Å²) >= 11 is 11.6. The highest BCUT2D eigenvalue weighted by Crippen LogP contribution is 2.39. The van der Waals surface area contributed by atoms with E-state index in [2.05, 4.69) is 20.6 Å². The van der Waals surface area contributed by atoms with Gasteiger partial charge in [-0.2, -0.15) is 13.2 Å². The van der Waals surface area contributed by atoms with E-state index in [-0.39, 0.29) is 50.6 Å². The number of rotatable bonds is 6. The summed E-state index contributed by atoms with van der Waals surface area (Å²) in [5.41, 5.74) is -4.78. The number of nitrogens with one attached hydrogen (secondary N) is 2. The molecular formula is C24H19Cl2F3N6O3S. The molecule has 1 aromatic carbocycles. The Balaban J connectivity index is 1.48. The van der Waals surface area contributed by atoms with Crippen molar-refractivity contribution in [2.75, 3.05) is 15.5 Å². The molecule has 0 atom stereocenters. The second kappa shape index (κ2) is 10.9. The summed E-state index contributed by atoms with van der Waals surface area (Å²) in [5, 5.41) is 5.17. The van der Waals surface area contributed by atoms with Crippen molar-refractivity contribution < 1.29 is 27.6 Å². The van der Waals surface area contributed by atoms with Crippen LogP contribution < -0.4 is 15.5 Å². The number of hydrogen-bond donors (Lipinski definition) is 2. The first-order valence-electron chi connectivity index (χ1n) is 11.1. The highest BCUT2D eigenvalue weighted by molar-refractivity contribution is 8.00. The second-order valence-electron chi connectivity index (χ2n) is 8.70. The maximum Gasteiger partial charge on any atom is 0.446 e. The summed E-state index contributed by atoms with van der Waals surface area (Å²) in [6.07, 6.45) is 2.79. The lowest BCUT2D eigenvalue weighted by atomic mass is 10.0. The van der Waals surface area contributed by atoms with Crippen molar-refractivity contribution >= 4 is 70.1 Å². The molecule has 0 unspecified atom stereocenters. The predicted octanol–water partition coefficient (Wildman–Crippen LogP) is 6.79. The zero-order valence-electron chi connectivity index (χ0n) is 20.2. The Kier molecular flexibility index (Phi) is 7.96. The monoisotopic (exact) mass is 598 g/mol. The van der Waals surface area contributed by atoms with Crippen molar-refractivity contribution in [3.05, 3.63) is 70.6 Å². The van der Waals surface area contributed by atoms with Crippen LogP contribution in [0.15, 0.2) is 59.8 Å². The van der Waals surface area contributed by atoms with Crippen LogP contribution >= 0.6 is 35.0 Å². The fourth-order valence-corrected chi connectivity index (χ4v) is 4.59. The molecule has 2 N–H and O–H groups in total. The van der Waals surface area contributed by atoms with Gasteiger partial charge in [-0.05, 0) is 73.6 Å². The number of carbonyl (C=O) groups excluding carboxylic acids is 3. The number of thioether (sulfide) groups is 1. The van der Waals surface area contributed by atoms with Gasteiger partial charge in [0.05, 0.1) is 11.4 Å². The SMILES string of the molecule is CC1(C)C(=O)N(c2ccc(SC(F)(F)F)cc2)C(=O)N1Cc1ccnc(NC(=O)Nc2ccnc(Cl)c2Cl)c1. The maximum atomic E-state index is 13.3. The number of hydrogen-bond acceptors (Lipinski definition) is 6. The van der Waals surface area contributed by atoms with Crippen molar-refractivity contribution in [2.45, 2.75) is 36.3 Å². The lowest BCUT2D eigenvalue weighted by Crippen LogP contribution is -2.43. The van der Waals surface area contributed by atoms with Crippen LogP contribution in [0.1, 0.15) is 19.4 Å². The number of benzene rings is 1. The summed E-state index contributed by atoms with van der Waals surface area (Å²) < 4.78 is 37.9. The molecule has 1 fully saturated rings. The number of anilines is 3. The third kappa shape index (κ3) is 6.37. The van der Waals surface area contributed by atoms with E-state index in [1.54, 1.807) is 19.9 Å². The minimum atomic E-state index is -4.46. The van der Waals surface area contributed by atoms with Gasteiger partial charge in [0.25, 0.3) is 5.91 Å². The highest BCUT2D eigenvalue weighted by atomic mass is 35.5. The number of amides is 5. The molecule has 1 aliphatic rings. The van der Waals surface area contributed by atoms with Gasteiger partial charge in [0, 0.05) is 23.8 Å². The first-order valence-corrected chi connectivity index (χ1v) is 12.7. The minimum Gasteiger partial charge on any atom is -0.306 e. The number of aromatic nitrogens is 2. The Morgan fingerprint density at radius 1 is 1.03 bits per heavy atom. The molecule has 0 radical (unpaired) electrons. The van der Waals surface area contributed by atoms with Crippen molar-refractivity contribution in [3.63, 3.8) is 0 Å². The second-order valence-corrected chi connectivity index (χ2v) is 10.6. The van der Waals surface area contributed by atoms with Gasteiger partial charge in [0.2, 0.25) is 0 Å². The van der Waals surface area contributed by atoms with E-state index in [1.165, 1.54) is 53.7 Å². The van der Waals surface area contributed by atoms with E-state index in [9.17, 15) is 27.6 Å². The van der Waals surface area contributed by atoms with Crippen molar-refractivity contribution in [2.24, 2.45) is 0 Å². The van der Waals surface area contributed by atoms with E-state index >= 15 is 0 Å². The van der Waals surface area contributed by atoms with Gasteiger partial charge in [-0.15, -0.1) is 0 Å². The average molecular weight is 599 g/mol. The van der Waals surface area contributed by atoms with Crippen LogP contribution in [0.3, 0.4) is 0 Å². The molecule has 0 aliphatic carbocycles.